The van der Waals surface area contributed by atoms with Crippen molar-refractivity contribution in [2.45, 2.75) is 33.4 Å². The van der Waals surface area contributed by atoms with E-state index in [1.807, 2.05) is 36.7 Å². The second-order valence-electron chi connectivity index (χ2n) is 7.15. The molecule has 0 N–H and O–H groups in total. The number of esters is 1. The average Bonchev–Trinajstić information content (AvgIpc) is 3.30. The molecule has 3 heterocycles. The standard InChI is InChI=1S/C22H18N4O5/c1-12(2)26-18-6-5-14(9-16(18)20(23-4)25-26)17-10-15(7-8-24-17)21(27)29-11-19-13(3)30-22(28)31-19/h5-10,12H,11H2,1-3H3. The summed E-state index contributed by atoms with van der Waals surface area (Å²) in [5, 5.41) is 5.10. The highest BCUT2D eigenvalue weighted by Gasteiger charge is 2.17. The third-order valence-corrected chi connectivity index (χ3v) is 4.74. The smallest absolute Gasteiger partial charge is 0.454 e. The molecule has 0 bridgehead atoms. The van der Waals surface area contributed by atoms with Gasteiger partial charge in [0, 0.05) is 11.6 Å². The molecule has 0 aliphatic carbocycles. The number of fused-ring (bicyclic) bond motifs is 1. The summed E-state index contributed by atoms with van der Waals surface area (Å²) in [6.45, 7) is 12.7. The molecule has 3 aromatic heterocycles. The third-order valence-electron chi connectivity index (χ3n) is 4.74. The zero-order chi connectivity index (χ0) is 22.1. The van der Waals surface area contributed by atoms with Gasteiger partial charge in [0.1, 0.15) is 0 Å². The summed E-state index contributed by atoms with van der Waals surface area (Å²) in [5.74, 6) is -0.698. The molecule has 4 aromatic rings. The molecule has 9 nitrogen and oxygen atoms in total. The highest BCUT2D eigenvalue weighted by Crippen LogP contribution is 2.31. The fourth-order valence-electron chi connectivity index (χ4n) is 3.20. The molecule has 0 atom stereocenters. The van der Waals surface area contributed by atoms with Crippen LogP contribution in [-0.4, -0.2) is 20.7 Å². The van der Waals surface area contributed by atoms with Gasteiger partial charge in [0.05, 0.1) is 22.8 Å². The zero-order valence-electron chi connectivity index (χ0n) is 17.1. The van der Waals surface area contributed by atoms with Gasteiger partial charge in [-0.3, -0.25) is 4.98 Å². The van der Waals surface area contributed by atoms with Crippen molar-refractivity contribution in [3.05, 3.63) is 75.6 Å². The summed E-state index contributed by atoms with van der Waals surface area (Å²) in [7, 11) is 0. The Kier molecular flexibility index (Phi) is 5.13. The van der Waals surface area contributed by atoms with Crippen LogP contribution in [0, 0.1) is 13.5 Å². The fraction of sp³-hybridized carbons (Fsp3) is 0.227. The van der Waals surface area contributed by atoms with E-state index < -0.39 is 11.8 Å². The van der Waals surface area contributed by atoms with E-state index in [2.05, 4.69) is 14.9 Å². The molecule has 0 spiro atoms. The van der Waals surface area contributed by atoms with Crippen LogP contribution in [0.2, 0.25) is 0 Å². The van der Waals surface area contributed by atoms with Gasteiger partial charge in [-0.2, -0.15) is 4.68 Å². The zero-order valence-corrected chi connectivity index (χ0v) is 17.1. The van der Waals surface area contributed by atoms with Crippen molar-refractivity contribution in [2.75, 3.05) is 0 Å². The lowest BCUT2D eigenvalue weighted by molar-refractivity contribution is 0.0443. The lowest BCUT2D eigenvalue weighted by Crippen LogP contribution is -2.06. The molecule has 156 valence electrons. The molecule has 0 amide bonds. The largest absolute Gasteiger partial charge is 0.519 e. The molecular weight excluding hydrogens is 400 g/mol. The molecule has 0 saturated heterocycles. The van der Waals surface area contributed by atoms with Crippen LogP contribution in [0.4, 0.5) is 5.82 Å². The number of nitrogens with zero attached hydrogens (tertiary/aromatic N) is 4. The minimum atomic E-state index is -0.843. The predicted molar refractivity (Wildman–Crippen MR) is 111 cm³/mol. The van der Waals surface area contributed by atoms with Crippen molar-refractivity contribution in [2.24, 2.45) is 0 Å². The summed E-state index contributed by atoms with van der Waals surface area (Å²) in [6.07, 6.45) is 1.51. The first-order chi connectivity index (χ1) is 14.9. The number of benzene rings is 1. The van der Waals surface area contributed by atoms with E-state index in [9.17, 15) is 9.59 Å². The molecular formula is C22H18N4O5. The molecule has 9 heteroatoms. The Morgan fingerprint density at radius 1 is 1.26 bits per heavy atom. The SMILES string of the molecule is [C-]#[N+]c1nn(C(C)C)c2ccc(-c3cc(C(=O)OCc4oc(=O)oc4C)ccn3)cc12. The minimum Gasteiger partial charge on any atom is -0.454 e. The number of hydrogen-bond donors (Lipinski definition) is 0. The second kappa shape index (κ2) is 7.91. The second-order valence-corrected chi connectivity index (χ2v) is 7.15. The predicted octanol–water partition coefficient (Wildman–Crippen LogP) is 4.44. The molecule has 1 aromatic carbocycles. The number of hydrogen-bond acceptors (Lipinski definition) is 7. The van der Waals surface area contributed by atoms with Crippen LogP contribution in [0.3, 0.4) is 0 Å². The van der Waals surface area contributed by atoms with E-state index in [1.54, 1.807) is 13.0 Å². The first-order valence-corrected chi connectivity index (χ1v) is 9.50. The van der Waals surface area contributed by atoms with E-state index in [1.165, 1.54) is 12.3 Å². The van der Waals surface area contributed by atoms with E-state index in [-0.39, 0.29) is 29.7 Å². The van der Waals surface area contributed by atoms with Crippen LogP contribution >= 0.6 is 0 Å². The lowest BCUT2D eigenvalue weighted by atomic mass is 10.1. The maximum absolute atomic E-state index is 12.5. The Morgan fingerprint density at radius 3 is 2.74 bits per heavy atom. The van der Waals surface area contributed by atoms with Gasteiger partial charge in [0.15, 0.2) is 18.1 Å². The quantitative estimate of drug-likeness (QED) is 0.348. The minimum absolute atomic E-state index is 0.114. The number of aromatic nitrogens is 3. The normalized spacial score (nSPS) is 11.1. The van der Waals surface area contributed by atoms with Crippen LogP contribution < -0.4 is 5.82 Å². The summed E-state index contributed by atoms with van der Waals surface area (Å²) < 4.78 is 16.6. The lowest BCUT2D eigenvalue weighted by Gasteiger charge is -2.07. The van der Waals surface area contributed by atoms with E-state index in [4.69, 9.17) is 20.1 Å². The molecule has 0 radical (unpaired) electrons. The van der Waals surface area contributed by atoms with Gasteiger partial charge in [-0.1, -0.05) is 18.7 Å². The van der Waals surface area contributed by atoms with Gasteiger partial charge in [-0.05, 0) is 49.6 Å². The summed E-state index contributed by atoms with van der Waals surface area (Å²) in [6, 6.07) is 8.86. The van der Waals surface area contributed by atoms with Crippen molar-refractivity contribution in [3.63, 3.8) is 0 Å². The van der Waals surface area contributed by atoms with E-state index in [0.29, 0.717) is 11.5 Å². The first-order valence-electron chi connectivity index (χ1n) is 9.50. The van der Waals surface area contributed by atoms with Crippen LogP contribution in [-0.2, 0) is 11.3 Å². The number of rotatable bonds is 5. The molecule has 0 aliphatic rings. The van der Waals surface area contributed by atoms with Gasteiger partial charge in [-0.15, -0.1) is 0 Å². The topological polar surface area (TPSA) is 105 Å². The van der Waals surface area contributed by atoms with Crippen LogP contribution in [0.5, 0.6) is 0 Å². The van der Waals surface area contributed by atoms with Gasteiger partial charge in [-0.25, -0.2) is 9.59 Å². The van der Waals surface area contributed by atoms with E-state index >= 15 is 0 Å². The number of aryl methyl sites for hydroxylation is 1. The molecule has 0 fully saturated rings. The van der Waals surface area contributed by atoms with Crippen molar-refractivity contribution < 1.29 is 18.4 Å². The maximum atomic E-state index is 12.5. The van der Waals surface area contributed by atoms with Crippen molar-refractivity contribution in [1.29, 1.82) is 0 Å². The Bertz CT molecular complexity index is 1390. The van der Waals surface area contributed by atoms with Crippen molar-refractivity contribution >= 4 is 22.7 Å². The maximum Gasteiger partial charge on any atom is 0.519 e. The average molecular weight is 418 g/mol. The molecule has 31 heavy (non-hydrogen) atoms. The fourth-order valence-corrected chi connectivity index (χ4v) is 3.20. The summed E-state index contributed by atoms with van der Waals surface area (Å²) >= 11 is 0. The van der Waals surface area contributed by atoms with Crippen LogP contribution in [0.25, 0.3) is 27.0 Å². The highest BCUT2D eigenvalue weighted by atomic mass is 16.6. The van der Waals surface area contributed by atoms with E-state index in [0.717, 1.165) is 16.5 Å². The van der Waals surface area contributed by atoms with Gasteiger partial charge < -0.3 is 18.4 Å². The molecule has 0 aliphatic heterocycles. The van der Waals surface area contributed by atoms with Gasteiger partial charge >= 0.3 is 17.6 Å². The Balaban J connectivity index is 1.62. The van der Waals surface area contributed by atoms with Gasteiger partial charge in [0.25, 0.3) is 0 Å². The van der Waals surface area contributed by atoms with Gasteiger partial charge in [0.2, 0.25) is 0 Å². The Morgan fingerprint density at radius 2 is 2.06 bits per heavy atom. The molecule has 0 unspecified atom stereocenters. The molecule has 0 saturated carbocycles. The number of carbonyl (C=O) groups excluding carboxylic acids is 1. The number of ether oxygens (including phenoxy) is 1. The molecule has 4 rings (SSSR count). The monoisotopic (exact) mass is 418 g/mol. The highest BCUT2D eigenvalue weighted by molar-refractivity contribution is 5.95. The van der Waals surface area contributed by atoms with Crippen molar-refractivity contribution in [3.8, 4) is 11.3 Å². The number of pyridine rings is 1. The summed E-state index contributed by atoms with van der Waals surface area (Å²) in [5.41, 5.74) is 2.44. The summed E-state index contributed by atoms with van der Waals surface area (Å²) in [4.78, 5) is 31.4. The third kappa shape index (κ3) is 3.83. The van der Waals surface area contributed by atoms with Crippen molar-refractivity contribution in [1.82, 2.24) is 14.8 Å². The Labute approximate surface area is 176 Å². The first kappa shape index (κ1) is 20.1. The van der Waals surface area contributed by atoms with Crippen LogP contribution in [0.1, 0.15) is 41.8 Å². The number of carbonyl (C=O) groups is 1. The van der Waals surface area contributed by atoms with Crippen LogP contribution in [0.15, 0.2) is 50.2 Å². The Hall–Kier alpha value is -4.19.